The van der Waals surface area contributed by atoms with Crippen LogP contribution < -0.4 is 0 Å². The summed E-state index contributed by atoms with van der Waals surface area (Å²) in [4.78, 5) is 4.97. The number of benzene rings is 5. The largest absolute Gasteiger partial charge is 0.309 e. The van der Waals surface area contributed by atoms with Crippen molar-refractivity contribution in [2.75, 3.05) is 0 Å². The number of hydrogen-bond acceptors (Lipinski definition) is 1. The second-order valence-electron chi connectivity index (χ2n) is 11.3. The third-order valence-electron chi connectivity index (χ3n) is 9.16. The van der Waals surface area contributed by atoms with E-state index in [9.17, 15) is 0 Å². The summed E-state index contributed by atoms with van der Waals surface area (Å²) in [6, 6.07) is 42.9. The molecule has 2 heteroatoms. The fraction of sp³-hybridized carbons (Fsp3) is 0.0789. The Morgan fingerprint density at radius 1 is 0.525 bits per heavy atom. The monoisotopic (exact) mass is 510 g/mol. The van der Waals surface area contributed by atoms with Crippen LogP contribution in [0, 0.1) is 13.8 Å². The van der Waals surface area contributed by atoms with Gasteiger partial charge in [0.15, 0.2) is 0 Å². The number of fused-ring (bicyclic) bond motifs is 13. The van der Waals surface area contributed by atoms with E-state index in [2.05, 4.69) is 134 Å². The van der Waals surface area contributed by atoms with Gasteiger partial charge in [0.1, 0.15) is 0 Å². The topological polar surface area (TPSA) is 17.8 Å². The van der Waals surface area contributed by atoms with Gasteiger partial charge in [-0.05, 0) is 89.7 Å². The molecule has 2 heterocycles. The molecule has 0 N–H and O–H groups in total. The standard InChI is InChI=1S/C38H26N2/c1-23-13-17-35-29(20-23)30-21-24(2)14-18-36(30)40(35)25-15-16-28-34(22-25)38(33-12-7-19-39-37(28)33)31-10-5-3-8-26(31)27-9-4-6-11-32(27)38/h3-22H,1-2H3. The fourth-order valence-corrected chi connectivity index (χ4v) is 7.60. The highest BCUT2D eigenvalue weighted by Crippen LogP contribution is 2.62. The van der Waals surface area contributed by atoms with Crippen LogP contribution in [0.2, 0.25) is 0 Å². The van der Waals surface area contributed by atoms with Gasteiger partial charge in [0, 0.05) is 28.2 Å². The van der Waals surface area contributed by atoms with Crippen molar-refractivity contribution in [1.82, 2.24) is 9.55 Å². The molecule has 0 aliphatic heterocycles. The number of hydrogen-bond donors (Lipinski definition) is 0. The van der Waals surface area contributed by atoms with E-state index in [0.717, 1.165) is 5.69 Å². The zero-order valence-electron chi connectivity index (χ0n) is 22.4. The van der Waals surface area contributed by atoms with Gasteiger partial charge < -0.3 is 4.57 Å². The highest BCUT2D eigenvalue weighted by Gasteiger charge is 2.52. The lowest BCUT2D eigenvalue weighted by atomic mass is 9.71. The summed E-state index contributed by atoms with van der Waals surface area (Å²) >= 11 is 0. The van der Waals surface area contributed by atoms with Crippen molar-refractivity contribution >= 4 is 21.8 Å². The minimum absolute atomic E-state index is 0.395. The van der Waals surface area contributed by atoms with E-state index in [0.29, 0.717) is 0 Å². The van der Waals surface area contributed by atoms with Crippen LogP contribution in [0.3, 0.4) is 0 Å². The van der Waals surface area contributed by atoms with E-state index in [4.69, 9.17) is 4.98 Å². The van der Waals surface area contributed by atoms with E-state index in [-0.39, 0.29) is 0 Å². The Labute approximate surface area is 233 Å². The maximum atomic E-state index is 4.97. The number of nitrogens with zero attached hydrogens (tertiary/aromatic N) is 2. The predicted octanol–water partition coefficient (Wildman–Crippen LogP) is 9.14. The van der Waals surface area contributed by atoms with Gasteiger partial charge in [-0.2, -0.15) is 0 Å². The van der Waals surface area contributed by atoms with Crippen LogP contribution in [0.1, 0.15) is 33.4 Å². The average molecular weight is 511 g/mol. The Morgan fingerprint density at radius 3 is 1.77 bits per heavy atom. The molecular formula is C38H26N2. The summed E-state index contributed by atoms with van der Waals surface area (Å²) in [7, 11) is 0. The first-order chi connectivity index (χ1) is 19.7. The van der Waals surface area contributed by atoms with Crippen molar-refractivity contribution < 1.29 is 0 Å². The summed E-state index contributed by atoms with van der Waals surface area (Å²) in [5, 5.41) is 2.60. The Kier molecular flexibility index (Phi) is 4.15. The van der Waals surface area contributed by atoms with Crippen molar-refractivity contribution in [1.29, 1.82) is 0 Å². The van der Waals surface area contributed by atoms with Crippen LogP contribution in [0.25, 0.3) is 49.9 Å². The SMILES string of the molecule is Cc1ccc2c(c1)c1cc(C)ccc1n2-c1ccc2c(c1)C1(c3ccccc3-c3ccccc31)c1cccnc1-2. The fourth-order valence-electron chi connectivity index (χ4n) is 7.60. The molecular weight excluding hydrogens is 484 g/mol. The summed E-state index contributed by atoms with van der Waals surface area (Å²) in [5.74, 6) is 0. The molecule has 0 atom stereocenters. The van der Waals surface area contributed by atoms with Gasteiger partial charge in [0.05, 0.1) is 22.1 Å². The molecule has 2 nitrogen and oxygen atoms in total. The van der Waals surface area contributed by atoms with Crippen LogP contribution in [0.5, 0.6) is 0 Å². The van der Waals surface area contributed by atoms with Crippen LogP contribution >= 0.6 is 0 Å². The molecule has 0 radical (unpaired) electrons. The van der Waals surface area contributed by atoms with Gasteiger partial charge in [-0.1, -0.05) is 83.9 Å². The Morgan fingerprint density at radius 2 is 1.12 bits per heavy atom. The number of rotatable bonds is 1. The smallest absolute Gasteiger partial charge is 0.0753 e. The molecule has 0 saturated carbocycles. The summed E-state index contributed by atoms with van der Waals surface area (Å²) in [6.45, 7) is 4.35. The lowest BCUT2D eigenvalue weighted by molar-refractivity contribution is 0.790. The zero-order chi connectivity index (χ0) is 26.6. The van der Waals surface area contributed by atoms with Gasteiger partial charge >= 0.3 is 0 Å². The molecule has 2 aromatic heterocycles. The first-order valence-electron chi connectivity index (χ1n) is 14.0. The third kappa shape index (κ3) is 2.56. The lowest BCUT2D eigenvalue weighted by Gasteiger charge is -2.30. The van der Waals surface area contributed by atoms with Gasteiger partial charge in [-0.25, -0.2) is 0 Å². The summed E-state index contributed by atoms with van der Waals surface area (Å²) in [6.07, 6.45) is 1.93. The van der Waals surface area contributed by atoms with E-state index in [1.165, 1.54) is 77.6 Å². The molecule has 0 unspecified atom stereocenters. The Bertz CT molecular complexity index is 2070. The van der Waals surface area contributed by atoms with E-state index in [1.807, 2.05) is 6.20 Å². The maximum absolute atomic E-state index is 4.97. The summed E-state index contributed by atoms with van der Waals surface area (Å²) in [5.41, 5.74) is 16.0. The molecule has 0 amide bonds. The van der Waals surface area contributed by atoms with Crippen LogP contribution in [-0.4, -0.2) is 9.55 Å². The highest BCUT2D eigenvalue weighted by molar-refractivity contribution is 6.10. The molecule has 40 heavy (non-hydrogen) atoms. The van der Waals surface area contributed by atoms with Crippen molar-refractivity contribution in [3.05, 3.63) is 155 Å². The quantitative estimate of drug-likeness (QED) is 0.215. The number of aromatic nitrogens is 2. The highest BCUT2D eigenvalue weighted by atomic mass is 15.0. The van der Waals surface area contributed by atoms with Crippen molar-refractivity contribution in [3.63, 3.8) is 0 Å². The normalized spacial score (nSPS) is 13.9. The minimum Gasteiger partial charge on any atom is -0.309 e. The molecule has 2 aliphatic rings. The molecule has 5 aromatic carbocycles. The molecule has 2 aliphatic carbocycles. The second kappa shape index (κ2) is 7.58. The molecule has 0 bridgehead atoms. The van der Waals surface area contributed by atoms with Crippen LogP contribution in [-0.2, 0) is 5.41 Å². The second-order valence-corrected chi connectivity index (χ2v) is 11.3. The van der Waals surface area contributed by atoms with Crippen LogP contribution in [0.4, 0.5) is 0 Å². The molecule has 0 fully saturated rings. The zero-order valence-corrected chi connectivity index (χ0v) is 22.4. The Balaban J connectivity index is 1.42. The van der Waals surface area contributed by atoms with Crippen molar-refractivity contribution in [2.45, 2.75) is 19.3 Å². The van der Waals surface area contributed by atoms with Gasteiger partial charge in [-0.15, -0.1) is 0 Å². The van der Waals surface area contributed by atoms with Crippen molar-refractivity contribution in [2.24, 2.45) is 0 Å². The van der Waals surface area contributed by atoms with E-state index < -0.39 is 5.41 Å². The van der Waals surface area contributed by atoms with E-state index in [1.54, 1.807) is 0 Å². The lowest BCUT2D eigenvalue weighted by Crippen LogP contribution is -2.26. The number of aryl methyl sites for hydroxylation is 2. The van der Waals surface area contributed by atoms with Gasteiger partial charge in [-0.3, -0.25) is 4.98 Å². The average Bonchev–Trinajstić information content (AvgIpc) is 3.58. The molecule has 9 rings (SSSR count). The van der Waals surface area contributed by atoms with Gasteiger partial charge in [0.2, 0.25) is 0 Å². The van der Waals surface area contributed by atoms with E-state index >= 15 is 0 Å². The molecule has 7 aromatic rings. The third-order valence-corrected chi connectivity index (χ3v) is 9.16. The molecule has 1 spiro atoms. The predicted molar refractivity (Wildman–Crippen MR) is 164 cm³/mol. The molecule has 0 saturated heterocycles. The first-order valence-corrected chi connectivity index (χ1v) is 14.0. The minimum atomic E-state index is -0.395. The first kappa shape index (κ1) is 21.9. The maximum Gasteiger partial charge on any atom is 0.0753 e. The summed E-state index contributed by atoms with van der Waals surface area (Å²) < 4.78 is 2.45. The van der Waals surface area contributed by atoms with Crippen LogP contribution in [0.15, 0.2) is 121 Å². The number of pyridine rings is 1. The van der Waals surface area contributed by atoms with Gasteiger partial charge in [0.25, 0.3) is 0 Å². The van der Waals surface area contributed by atoms with Crippen molar-refractivity contribution in [3.8, 4) is 28.1 Å². The molecule has 188 valence electrons. The Hall–Kier alpha value is -4.95.